The first kappa shape index (κ1) is 10.6. The molecule has 2 aromatic rings. The van der Waals surface area contributed by atoms with E-state index in [4.69, 9.17) is 23.1 Å². The van der Waals surface area contributed by atoms with Gasteiger partial charge in [0.05, 0.1) is 0 Å². The molecule has 2 rings (SSSR count). The molecule has 16 heavy (non-hydrogen) atoms. The Kier molecular flexibility index (Phi) is 2.62. The first-order valence-corrected chi connectivity index (χ1v) is 4.97. The third-order valence-corrected chi connectivity index (χ3v) is 2.33. The van der Waals surface area contributed by atoms with Crippen LogP contribution in [0.15, 0.2) is 18.2 Å². The van der Waals surface area contributed by atoms with Gasteiger partial charge in [-0.05, 0) is 30.7 Å². The maximum atomic E-state index is 5.86. The van der Waals surface area contributed by atoms with Crippen LogP contribution < -0.4 is 11.5 Å². The van der Waals surface area contributed by atoms with Gasteiger partial charge in [0.15, 0.2) is 5.82 Å². The van der Waals surface area contributed by atoms with Crippen LogP contribution in [0, 0.1) is 6.92 Å². The molecule has 6 heteroatoms. The van der Waals surface area contributed by atoms with Gasteiger partial charge >= 0.3 is 0 Å². The van der Waals surface area contributed by atoms with Crippen molar-refractivity contribution in [3.63, 3.8) is 0 Å². The minimum Gasteiger partial charge on any atom is -0.368 e. The predicted octanol–water partition coefficient (Wildman–Crippen LogP) is 1.66. The van der Waals surface area contributed by atoms with Crippen molar-refractivity contribution in [2.45, 2.75) is 6.92 Å². The second kappa shape index (κ2) is 3.94. The molecule has 0 atom stereocenters. The molecule has 4 N–H and O–H groups in total. The highest BCUT2D eigenvalue weighted by Crippen LogP contribution is 2.23. The molecule has 0 aliphatic rings. The number of nitrogen functional groups attached to an aromatic ring is 2. The summed E-state index contributed by atoms with van der Waals surface area (Å²) in [5.74, 6) is 0.674. The van der Waals surface area contributed by atoms with Crippen LogP contribution in [0.1, 0.15) is 5.56 Å². The largest absolute Gasteiger partial charge is 0.368 e. The fourth-order valence-electron chi connectivity index (χ4n) is 1.41. The third-order valence-electron chi connectivity index (χ3n) is 2.10. The van der Waals surface area contributed by atoms with Crippen LogP contribution in [0.25, 0.3) is 11.4 Å². The predicted molar refractivity (Wildman–Crippen MR) is 63.8 cm³/mol. The van der Waals surface area contributed by atoms with E-state index in [0.717, 1.165) is 11.1 Å². The van der Waals surface area contributed by atoms with Gasteiger partial charge in [-0.3, -0.25) is 0 Å². The van der Waals surface area contributed by atoms with E-state index in [-0.39, 0.29) is 11.9 Å². The van der Waals surface area contributed by atoms with E-state index in [1.165, 1.54) is 0 Å². The maximum absolute atomic E-state index is 5.86. The van der Waals surface area contributed by atoms with Gasteiger partial charge in [-0.2, -0.15) is 15.0 Å². The first-order valence-electron chi connectivity index (χ1n) is 4.60. The van der Waals surface area contributed by atoms with E-state index in [1.54, 1.807) is 6.07 Å². The van der Waals surface area contributed by atoms with Gasteiger partial charge < -0.3 is 11.5 Å². The van der Waals surface area contributed by atoms with Crippen LogP contribution in [0.4, 0.5) is 11.9 Å². The molecule has 1 aromatic carbocycles. The lowest BCUT2D eigenvalue weighted by Crippen LogP contribution is -2.04. The molecule has 0 aliphatic carbocycles. The van der Waals surface area contributed by atoms with Crippen molar-refractivity contribution < 1.29 is 0 Å². The number of hydrogen-bond donors (Lipinski definition) is 2. The molecular formula is C10H10ClN5. The smallest absolute Gasteiger partial charge is 0.225 e. The Morgan fingerprint density at radius 1 is 1.06 bits per heavy atom. The minimum absolute atomic E-state index is 0.108. The number of nitrogens with zero attached hydrogens (tertiary/aromatic N) is 3. The molecule has 1 heterocycles. The second-order valence-corrected chi connectivity index (χ2v) is 3.77. The lowest BCUT2D eigenvalue weighted by Gasteiger charge is -2.05. The molecule has 0 aliphatic heterocycles. The fraction of sp³-hybridized carbons (Fsp3) is 0.100. The molecule has 0 bridgehead atoms. The van der Waals surface area contributed by atoms with E-state index >= 15 is 0 Å². The molecule has 0 radical (unpaired) electrons. The molecule has 0 saturated carbocycles. The van der Waals surface area contributed by atoms with Crippen molar-refractivity contribution in [3.8, 4) is 11.4 Å². The number of rotatable bonds is 1. The molecule has 5 nitrogen and oxygen atoms in total. The van der Waals surface area contributed by atoms with Crippen molar-refractivity contribution in [2.75, 3.05) is 11.5 Å². The SMILES string of the molecule is Cc1cc(Cl)ccc1-c1nc(N)nc(N)n1. The summed E-state index contributed by atoms with van der Waals surface area (Å²) in [5, 5.41) is 0.663. The van der Waals surface area contributed by atoms with Crippen LogP contribution in [-0.2, 0) is 0 Å². The van der Waals surface area contributed by atoms with Crippen LogP contribution in [-0.4, -0.2) is 15.0 Å². The van der Waals surface area contributed by atoms with Gasteiger partial charge in [0.25, 0.3) is 0 Å². The number of hydrogen-bond acceptors (Lipinski definition) is 5. The monoisotopic (exact) mass is 235 g/mol. The summed E-state index contributed by atoms with van der Waals surface area (Å²) in [7, 11) is 0. The van der Waals surface area contributed by atoms with E-state index in [1.807, 2.05) is 19.1 Å². The second-order valence-electron chi connectivity index (χ2n) is 3.33. The van der Waals surface area contributed by atoms with Crippen molar-refractivity contribution in [1.82, 2.24) is 15.0 Å². The molecule has 0 amide bonds. The zero-order chi connectivity index (χ0) is 11.7. The summed E-state index contributed by atoms with van der Waals surface area (Å²) in [6.45, 7) is 1.91. The van der Waals surface area contributed by atoms with Crippen molar-refractivity contribution in [1.29, 1.82) is 0 Å². The highest BCUT2D eigenvalue weighted by molar-refractivity contribution is 6.30. The summed E-state index contributed by atoms with van der Waals surface area (Å²) in [4.78, 5) is 11.8. The van der Waals surface area contributed by atoms with Crippen molar-refractivity contribution in [2.24, 2.45) is 0 Å². The van der Waals surface area contributed by atoms with Gasteiger partial charge in [0.1, 0.15) is 0 Å². The molecule has 0 spiro atoms. The third kappa shape index (κ3) is 2.04. The zero-order valence-corrected chi connectivity index (χ0v) is 9.36. The zero-order valence-electron chi connectivity index (χ0n) is 8.61. The van der Waals surface area contributed by atoms with Gasteiger partial charge in [-0.25, -0.2) is 0 Å². The quantitative estimate of drug-likeness (QED) is 0.785. The summed E-state index contributed by atoms with van der Waals surface area (Å²) < 4.78 is 0. The van der Waals surface area contributed by atoms with Gasteiger partial charge in [-0.15, -0.1) is 0 Å². The van der Waals surface area contributed by atoms with E-state index < -0.39 is 0 Å². The number of anilines is 2. The summed E-state index contributed by atoms with van der Waals surface area (Å²) in [6, 6.07) is 5.42. The lowest BCUT2D eigenvalue weighted by atomic mass is 10.1. The maximum Gasteiger partial charge on any atom is 0.225 e. The highest BCUT2D eigenvalue weighted by atomic mass is 35.5. The Balaban J connectivity index is 2.58. The summed E-state index contributed by atoms with van der Waals surface area (Å²) >= 11 is 5.86. The average molecular weight is 236 g/mol. The number of nitrogens with two attached hydrogens (primary N) is 2. The molecule has 0 saturated heterocycles. The normalized spacial score (nSPS) is 10.4. The Morgan fingerprint density at radius 2 is 1.69 bits per heavy atom. The summed E-state index contributed by atoms with van der Waals surface area (Å²) in [5.41, 5.74) is 12.8. The van der Waals surface area contributed by atoms with Crippen LogP contribution in [0.3, 0.4) is 0 Å². The fourth-order valence-corrected chi connectivity index (χ4v) is 1.63. The van der Waals surface area contributed by atoms with Gasteiger partial charge in [0, 0.05) is 10.6 Å². The van der Waals surface area contributed by atoms with Crippen LogP contribution in [0.2, 0.25) is 5.02 Å². The topological polar surface area (TPSA) is 90.7 Å². The Labute approximate surface area is 97.5 Å². The van der Waals surface area contributed by atoms with Crippen LogP contribution >= 0.6 is 11.6 Å². The molecule has 1 aromatic heterocycles. The van der Waals surface area contributed by atoms with E-state index in [0.29, 0.717) is 10.8 Å². The van der Waals surface area contributed by atoms with Crippen molar-refractivity contribution in [3.05, 3.63) is 28.8 Å². The number of aryl methyl sites for hydroxylation is 1. The Bertz CT molecular complexity index is 520. The minimum atomic E-state index is 0.108. The van der Waals surface area contributed by atoms with Gasteiger partial charge in [0.2, 0.25) is 11.9 Å². The van der Waals surface area contributed by atoms with Crippen LogP contribution in [0.5, 0.6) is 0 Å². The van der Waals surface area contributed by atoms with E-state index in [2.05, 4.69) is 15.0 Å². The number of halogens is 1. The molecule has 0 fully saturated rings. The number of aromatic nitrogens is 3. The Hall–Kier alpha value is -1.88. The standard InChI is InChI=1S/C10H10ClN5/c1-5-4-6(11)2-3-7(5)8-14-9(12)16-10(13)15-8/h2-4H,1H3,(H4,12,13,14,15,16). The Morgan fingerprint density at radius 3 is 2.25 bits per heavy atom. The first-order chi connectivity index (χ1) is 7.56. The summed E-state index contributed by atoms with van der Waals surface area (Å²) in [6.07, 6.45) is 0. The van der Waals surface area contributed by atoms with Crippen molar-refractivity contribution >= 4 is 23.5 Å². The number of benzene rings is 1. The highest BCUT2D eigenvalue weighted by Gasteiger charge is 2.07. The molecular weight excluding hydrogens is 226 g/mol. The lowest BCUT2D eigenvalue weighted by molar-refractivity contribution is 1.08. The molecule has 0 unspecified atom stereocenters. The van der Waals surface area contributed by atoms with Gasteiger partial charge in [-0.1, -0.05) is 11.6 Å². The van der Waals surface area contributed by atoms with E-state index in [9.17, 15) is 0 Å². The average Bonchev–Trinajstić information content (AvgIpc) is 2.15. The molecule has 82 valence electrons.